The molecule has 1 aromatic rings. The molecule has 0 spiro atoms. The normalized spacial score (nSPS) is 11.1. The molecule has 1 aromatic heterocycles. The van der Waals surface area contributed by atoms with E-state index in [0.29, 0.717) is 17.8 Å². The van der Waals surface area contributed by atoms with Crippen molar-refractivity contribution in [3.8, 4) is 0 Å². The molecule has 19 heavy (non-hydrogen) atoms. The first-order chi connectivity index (χ1) is 8.85. The van der Waals surface area contributed by atoms with E-state index in [9.17, 15) is 13.2 Å². The summed E-state index contributed by atoms with van der Waals surface area (Å²) in [5.74, 6) is -0.265. The molecule has 1 heterocycles. The van der Waals surface area contributed by atoms with Gasteiger partial charge in [-0.2, -0.15) is 0 Å². The number of rotatable bonds is 6. The van der Waals surface area contributed by atoms with Gasteiger partial charge >= 0.3 is 0 Å². The Kier molecular flexibility index (Phi) is 5.29. The predicted molar refractivity (Wildman–Crippen MR) is 75.1 cm³/mol. The second-order valence-corrected chi connectivity index (χ2v) is 6.57. The van der Waals surface area contributed by atoms with Gasteiger partial charge in [-0.25, -0.2) is 8.42 Å². The molecule has 0 aliphatic carbocycles. The van der Waals surface area contributed by atoms with Gasteiger partial charge in [0.15, 0.2) is 0 Å². The van der Waals surface area contributed by atoms with Crippen LogP contribution in [-0.4, -0.2) is 56.4 Å². The molecule has 0 unspecified atom stereocenters. The summed E-state index contributed by atoms with van der Waals surface area (Å²) in [6.07, 6.45) is 4.28. The Morgan fingerprint density at radius 3 is 2.74 bits per heavy atom. The van der Waals surface area contributed by atoms with E-state index in [1.165, 1.54) is 4.90 Å². The van der Waals surface area contributed by atoms with Gasteiger partial charge in [-0.3, -0.25) is 9.78 Å². The molecule has 6 nitrogen and oxygen atoms in total. The number of nitrogens with one attached hydrogen (secondary N) is 1. The summed E-state index contributed by atoms with van der Waals surface area (Å²) < 4.78 is 22.2. The molecule has 0 bridgehead atoms. The standard InChI is InChI=1S/C12H19N3O3S/c1-4-14-11-9-13-6-5-10(11)12(16)15(2)7-8-19(3,17)18/h5-6,9,14H,4,7-8H2,1-3H3. The van der Waals surface area contributed by atoms with E-state index in [4.69, 9.17) is 0 Å². The van der Waals surface area contributed by atoms with Crippen LogP contribution in [0.2, 0.25) is 0 Å². The molecule has 1 amide bonds. The monoisotopic (exact) mass is 285 g/mol. The van der Waals surface area contributed by atoms with Gasteiger partial charge in [0, 0.05) is 32.6 Å². The molecule has 0 aliphatic rings. The molecule has 0 aromatic carbocycles. The van der Waals surface area contributed by atoms with Gasteiger partial charge in [0.2, 0.25) is 0 Å². The van der Waals surface area contributed by atoms with Crippen LogP contribution in [0.3, 0.4) is 0 Å². The topological polar surface area (TPSA) is 79.4 Å². The smallest absolute Gasteiger partial charge is 0.255 e. The second kappa shape index (κ2) is 6.51. The second-order valence-electron chi connectivity index (χ2n) is 4.31. The number of carbonyl (C=O) groups excluding carboxylic acids is 1. The maximum atomic E-state index is 12.2. The van der Waals surface area contributed by atoms with Crippen molar-refractivity contribution in [1.29, 1.82) is 0 Å². The average Bonchev–Trinajstić information content (AvgIpc) is 2.35. The zero-order valence-electron chi connectivity index (χ0n) is 11.4. The zero-order valence-corrected chi connectivity index (χ0v) is 12.2. The van der Waals surface area contributed by atoms with Crippen LogP contribution in [0.15, 0.2) is 18.5 Å². The fraction of sp³-hybridized carbons (Fsp3) is 0.500. The molecule has 0 aliphatic heterocycles. The highest BCUT2D eigenvalue weighted by Gasteiger charge is 2.16. The maximum absolute atomic E-state index is 12.2. The first-order valence-electron chi connectivity index (χ1n) is 5.96. The van der Waals surface area contributed by atoms with Crippen LogP contribution >= 0.6 is 0 Å². The zero-order chi connectivity index (χ0) is 14.5. The Labute approximate surface area is 113 Å². The molecule has 0 fully saturated rings. The van der Waals surface area contributed by atoms with Gasteiger partial charge in [-0.05, 0) is 13.0 Å². The third kappa shape index (κ3) is 4.86. The molecule has 106 valence electrons. The highest BCUT2D eigenvalue weighted by molar-refractivity contribution is 7.90. The summed E-state index contributed by atoms with van der Waals surface area (Å²) in [4.78, 5) is 17.6. The molecular formula is C12H19N3O3S. The van der Waals surface area contributed by atoms with Crippen molar-refractivity contribution < 1.29 is 13.2 Å². The van der Waals surface area contributed by atoms with Gasteiger partial charge in [-0.1, -0.05) is 0 Å². The largest absolute Gasteiger partial charge is 0.383 e. The van der Waals surface area contributed by atoms with Crippen molar-refractivity contribution in [3.05, 3.63) is 24.0 Å². The maximum Gasteiger partial charge on any atom is 0.255 e. The minimum Gasteiger partial charge on any atom is -0.383 e. The lowest BCUT2D eigenvalue weighted by molar-refractivity contribution is 0.0804. The van der Waals surface area contributed by atoms with E-state index in [2.05, 4.69) is 10.3 Å². The van der Waals surface area contributed by atoms with Crippen molar-refractivity contribution in [1.82, 2.24) is 9.88 Å². The van der Waals surface area contributed by atoms with E-state index < -0.39 is 9.84 Å². The van der Waals surface area contributed by atoms with Crippen molar-refractivity contribution in [2.24, 2.45) is 0 Å². The lowest BCUT2D eigenvalue weighted by atomic mass is 10.2. The highest BCUT2D eigenvalue weighted by atomic mass is 32.2. The van der Waals surface area contributed by atoms with Crippen molar-refractivity contribution in [3.63, 3.8) is 0 Å². The van der Waals surface area contributed by atoms with E-state index in [1.807, 2.05) is 6.92 Å². The molecule has 7 heteroatoms. The van der Waals surface area contributed by atoms with Gasteiger partial charge in [-0.15, -0.1) is 0 Å². The fourth-order valence-electron chi connectivity index (χ4n) is 1.52. The van der Waals surface area contributed by atoms with Crippen molar-refractivity contribution >= 4 is 21.4 Å². The van der Waals surface area contributed by atoms with Gasteiger partial charge in [0.1, 0.15) is 9.84 Å². The third-order valence-electron chi connectivity index (χ3n) is 2.56. The Morgan fingerprint density at radius 2 is 2.16 bits per heavy atom. The predicted octanol–water partition coefficient (Wildman–Crippen LogP) is 0.630. The summed E-state index contributed by atoms with van der Waals surface area (Å²) >= 11 is 0. The lowest BCUT2D eigenvalue weighted by Gasteiger charge is -2.18. The van der Waals surface area contributed by atoms with E-state index >= 15 is 0 Å². The van der Waals surface area contributed by atoms with E-state index in [0.717, 1.165) is 6.26 Å². The van der Waals surface area contributed by atoms with E-state index in [-0.39, 0.29) is 18.2 Å². The van der Waals surface area contributed by atoms with Gasteiger partial charge in [0.05, 0.1) is 23.2 Å². The first-order valence-corrected chi connectivity index (χ1v) is 8.02. The number of aromatic nitrogens is 1. The molecule has 1 N–H and O–H groups in total. The number of hydrogen-bond acceptors (Lipinski definition) is 5. The Morgan fingerprint density at radius 1 is 1.47 bits per heavy atom. The van der Waals surface area contributed by atoms with Crippen molar-refractivity contribution in [2.45, 2.75) is 6.92 Å². The first kappa shape index (κ1) is 15.4. The summed E-state index contributed by atoms with van der Waals surface area (Å²) in [5.41, 5.74) is 1.15. The van der Waals surface area contributed by atoms with Crippen LogP contribution in [0.1, 0.15) is 17.3 Å². The average molecular weight is 285 g/mol. The number of anilines is 1. The molecule has 0 atom stereocenters. The summed E-state index contributed by atoms with van der Waals surface area (Å²) in [5, 5.41) is 3.06. The minimum absolute atomic E-state index is 0.0448. The SMILES string of the molecule is CCNc1cnccc1C(=O)N(C)CCS(C)(=O)=O. The molecule has 1 rings (SSSR count). The van der Waals surface area contributed by atoms with Gasteiger partial charge in [0.25, 0.3) is 5.91 Å². The van der Waals surface area contributed by atoms with Crippen LogP contribution in [0.4, 0.5) is 5.69 Å². The van der Waals surface area contributed by atoms with Crippen LogP contribution in [-0.2, 0) is 9.84 Å². The van der Waals surface area contributed by atoms with Crippen LogP contribution in [0, 0.1) is 0 Å². The Bertz CT molecular complexity index is 543. The fourth-order valence-corrected chi connectivity index (χ4v) is 2.13. The summed E-state index contributed by atoms with van der Waals surface area (Å²) in [7, 11) is -1.49. The number of hydrogen-bond donors (Lipinski definition) is 1. The molecule has 0 saturated heterocycles. The van der Waals surface area contributed by atoms with E-state index in [1.54, 1.807) is 25.5 Å². The summed E-state index contributed by atoms with van der Waals surface area (Å²) in [6, 6.07) is 1.62. The van der Waals surface area contributed by atoms with Gasteiger partial charge < -0.3 is 10.2 Å². The number of nitrogens with zero attached hydrogens (tertiary/aromatic N) is 2. The Balaban J connectivity index is 2.82. The number of carbonyl (C=O) groups is 1. The van der Waals surface area contributed by atoms with Crippen LogP contribution in [0.5, 0.6) is 0 Å². The molecule has 0 radical (unpaired) electrons. The summed E-state index contributed by atoms with van der Waals surface area (Å²) in [6.45, 7) is 2.78. The van der Waals surface area contributed by atoms with Crippen LogP contribution < -0.4 is 5.32 Å². The minimum atomic E-state index is -3.08. The highest BCUT2D eigenvalue weighted by Crippen LogP contribution is 2.15. The van der Waals surface area contributed by atoms with Crippen LogP contribution in [0.25, 0.3) is 0 Å². The quantitative estimate of drug-likeness (QED) is 0.829. The third-order valence-corrected chi connectivity index (χ3v) is 3.49. The lowest BCUT2D eigenvalue weighted by Crippen LogP contribution is -2.32. The molecule has 0 saturated carbocycles. The number of amides is 1. The molecular weight excluding hydrogens is 266 g/mol. The Hall–Kier alpha value is -1.63. The van der Waals surface area contributed by atoms with Crippen molar-refractivity contribution in [2.75, 3.05) is 37.5 Å². The number of sulfone groups is 1. The number of pyridine rings is 1.